The minimum Gasteiger partial charge on any atom is -0.398 e. The van der Waals surface area contributed by atoms with Crippen molar-refractivity contribution in [2.75, 3.05) is 11.5 Å². The van der Waals surface area contributed by atoms with Crippen LogP contribution in [-0.2, 0) is 0 Å². The molecule has 4 N–H and O–H groups in total. The summed E-state index contributed by atoms with van der Waals surface area (Å²) in [5, 5.41) is 0. The fourth-order valence-electron chi connectivity index (χ4n) is 2.01. The standard InChI is InChI=1S/C15H13N5/c16-11-2-1-3-12(17)14(11)15-19-9-6-13(20-15)10-4-7-18-8-5-10/h1-9H,16-17H2. The highest BCUT2D eigenvalue weighted by molar-refractivity contribution is 5.83. The van der Waals surface area contributed by atoms with Crippen molar-refractivity contribution >= 4 is 11.4 Å². The van der Waals surface area contributed by atoms with Crippen molar-refractivity contribution in [2.45, 2.75) is 0 Å². The van der Waals surface area contributed by atoms with Gasteiger partial charge in [0, 0.05) is 35.5 Å². The molecular formula is C15H13N5. The summed E-state index contributed by atoms with van der Waals surface area (Å²) in [6, 6.07) is 11.0. The van der Waals surface area contributed by atoms with E-state index in [0.717, 1.165) is 11.3 Å². The number of anilines is 2. The van der Waals surface area contributed by atoms with Gasteiger partial charge in [-0.2, -0.15) is 0 Å². The van der Waals surface area contributed by atoms with Gasteiger partial charge in [-0.15, -0.1) is 0 Å². The van der Waals surface area contributed by atoms with Crippen LogP contribution in [0.2, 0.25) is 0 Å². The molecule has 98 valence electrons. The topological polar surface area (TPSA) is 90.7 Å². The molecule has 0 spiro atoms. The van der Waals surface area contributed by atoms with Gasteiger partial charge in [-0.3, -0.25) is 4.98 Å². The van der Waals surface area contributed by atoms with E-state index in [1.54, 1.807) is 36.8 Å². The van der Waals surface area contributed by atoms with Gasteiger partial charge >= 0.3 is 0 Å². The van der Waals surface area contributed by atoms with Gasteiger partial charge in [-0.05, 0) is 30.3 Å². The van der Waals surface area contributed by atoms with Crippen LogP contribution in [-0.4, -0.2) is 15.0 Å². The Morgan fingerprint density at radius 3 is 2.20 bits per heavy atom. The first-order chi connectivity index (χ1) is 9.75. The maximum absolute atomic E-state index is 5.97. The monoisotopic (exact) mass is 263 g/mol. The van der Waals surface area contributed by atoms with Crippen LogP contribution in [0.4, 0.5) is 11.4 Å². The summed E-state index contributed by atoms with van der Waals surface area (Å²) >= 11 is 0. The molecule has 2 aromatic heterocycles. The van der Waals surface area contributed by atoms with Gasteiger partial charge in [0.2, 0.25) is 0 Å². The summed E-state index contributed by atoms with van der Waals surface area (Å²) in [7, 11) is 0. The highest BCUT2D eigenvalue weighted by Gasteiger charge is 2.10. The minimum atomic E-state index is 0.523. The van der Waals surface area contributed by atoms with E-state index in [4.69, 9.17) is 11.5 Å². The van der Waals surface area contributed by atoms with E-state index in [1.165, 1.54) is 0 Å². The number of benzene rings is 1. The Hall–Kier alpha value is -2.95. The quantitative estimate of drug-likeness (QED) is 0.693. The highest BCUT2D eigenvalue weighted by Crippen LogP contribution is 2.29. The SMILES string of the molecule is Nc1cccc(N)c1-c1nccc(-c2ccncc2)n1. The van der Waals surface area contributed by atoms with Crippen LogP contribution in [0, 0.1) is 0 Å². The van der Waals surface area contributed by atoms with Gasteiger partial charge in [0.1, 0.15) is 0 Å². The number of hydrogen-bond acceptors (Lipinski definition) is 5. The van der Waals surface area contributed by atoms with E-state index in [9.17, 15) is 0 Å². The Bertz CT molecular complexity index is 720. The molecule has 0 aliphatic heterocycles. The van der Waals surface area contributed by atoms with Crippen molar-refractivity contribution in [3.8, 4) is 22.6 Å². The molecule has 1 aromatic carbocycles. The van der Waals surface area contributed by atoms with Crippen molar-refractivity contribution in [1.82, 2.24) is 15.0 Å². The van der Waals surface area contributed by atoms with Gasteiger partial charge in [0.05, 0.1) is 11.3 Å². The molecule has 0 aliphatic rings. The zero-order valence-electron chi connectivity index (χ0n) is 10.7. The fraction of sp³-hybridized carbons (Fsp3) is 0. The highest BCUT2D eigenvalue weighted by atomic mass is 14.9. The lowest BCUT2D eigenvalue weighted by Gasteiger charge is -2.09. The van der Waals surface area contributed by atoms with E-state index < -0.39 is 0 Å². The molecule has 0 atom stereocenters. The average molecular weight is 263 g/mol. The molecule has 0 unspecified atom stereocenters. The van der Waals surface area contributed by atoms with Crippen molar-refractivity contribution < 1.29 is 0 Å². The average Bonchev–Trinajstić information content (AvgIpc) is 2.48. The predicted octanol–water partition coefficient (Wildman–Crippen LogP) is 2.37. The molecule has 2 heterocycles. The number of hydrogen-bond donors (Lipinski definition) is 2. The largest absolute Gasteiger partial charge is 0.398 e. The number of aromatic nitrogens is 3. The van der Waals surface area contributed by atoms with E-state index in [1.807, 2.05) is 18.2 Å². The van der Waals surface area contributed by atoms with Crippen LogP contribution >= 0.6 is 0 Å². The van der Waals surface area contributed by atoms with Gasteiger partial charge in [0.15, 0.2) is 5.82 Å². The number of rotatable bonds is 2. The Morgan fingerprint density at radius 1 is 0.800 bits per heavy atom. The van der Waals surface area contributed by atoms with Crippen LogP contribution in [0.1, 0.15) is 0 Å². The molecule has 3 aromatic rings. The third-order valence-corrected chi connectivity index (χ3v) is 2.98. The lowest BCUT2D eigenvalue weighted by molar-refractivity contribution is 1.18. The third kappa shape index (κ3) is 2.16. The van der Waals surface area contributed by atoms with Gasteiger partial charge in [-0.25, -0.2) is 9.97 Å². The second-order valence-corrected chi connectivity index (χ2v) is 4.31. The van der Waals surface area contributed by atoms with E-state index in [0.29, 0.717) is 22.8 Å². The van der Waals surface area contributed by atoms with Crippen molar-refractivity contribution in [2.24, 2.45) is 0 Å². The van der Waals surface area contributed by atoms with Crippen LogP contribution in [0.5, 0.6) is 0 Å². The molecule has 0 saturated carbocycles. The first-order valence-corrected chi connectivity index (χ1v) is 6.13. The van der Waals surface area contributed by atoms with Crippen molar-refractivity contribution in [3.63, 3.8) is 0 Å². The lowest BCUT2D eigenvalue weighted by atomic mass is 10.1. The zero-order valence-corrected chi connectivity index (χ0v) is 10.7. The van der Waals surface area contributed by atoms with Gasteiger partial charge < -0.3 is 11.5 Å². The summed E-state index contributed by atoms with van der Waals surface area (Å²) in [5.74, 6) is 0.523. The molecule has 0 fully saturated rings. The molecule has 0 aliphatic carbocycles. The lowest BCUT2D eigenvalue weighted by Crippen LogP contribution is -2.00. The molecule has 5 nitrogen and oxygen atoms in total. The molecule has 0 saturated heterocycles. The van der Waals surface area contributed by atoms with Gasteiger partial charge in [-0.1, -0.05) is 6.07 Å². The Balaban J connectivity index is 2.13. The van der Waals surface area contributed by atoms with E-state index >= 15 is 0 Å². The summed E-state index contributed by atoms with van der Waals surface area (Å²) in [4.78, 5) is 12.8. The molecule has 0 radical (unpaired) electrons. The first-order valence-electron chi connectivity index (χ1n) is 6.13. The second-order valence-electron chi connectivity index (χ2n) is 4.31. The summed E-state index contributed by atoms with van der Waals surface area (Å²) in [6.45, 7) is 0. The molecule has 0 bridgehead atoms. The number of nitrogens with zero attached hydrogens (tertiary/aromatic N) is 3. The summed E-state index contributed by atoms with van der Waals surface area (Å²) in [5.41, 5.74) is 15.5. The van der Waals surface area contributed by atoms with Crippen molar-refractivity contribution in [1.29, 1.82) is 0 Å². The molecule has 5 heteroatoms. The van der Waals surface area contributed by atoms with E-state index in [-0.39, 0.29) is 0 Å². The van der Waals surface area contributed by atoms with Crippen molar-refractivity contribution in [3.05, 3.63) is 55.0 Å². The molecule has 20 heavy (non-hydrogen) atoms. The number of nitrogen functional groups attached to an aromatic ring is 2. The number of nitrogens with two attached hydrogens (primary N) is 2. The zero-order chi connectivity index (χ0) is 13.9. The maximum Gasteiger partial charge on any atom is 0.163 e. The van der Waals surface area contributed by atoms with Crippen LogP contribution in [0.25, 0.3) is 22.6 Å². The Kier molecular flexibility index (Phi) is 3.01. The second kappa shape index (κ2) is 4.97. The smallest absolute Gasteiger partial charge is 0.163 e. The Morgan fingerprint density at radius 2 is 1.50 bits per heavy atom. The summed E-state index contributed by atoms with van der Waals surface area (Å²) < 4.78 is 0. The van der Waals surface area contributed by atoms with Gasteiger partial charge in [0.25, 0.3) is 0 Å². The fourth-order valence-corrected chi connectivity index (χ4v) is 2.01. The Labute approximate surface area is 116 Å². The first kappa shape index (κ1) is 12.1. The number of pyridine rings is 1. The van der Waals surface area contributed by atoms with Crippen LogP contribution < -0.4 is 11.5 Å². The third-order valence-electron chi connectivity index (χ3n) is 2.98. The molecule has 0 amide bonds. The van der Waals surface area contributed by atoms with E-state index in [2.05, 4.69) is 15.0 Å². The van der Waals surface area contributed by atoms with Crippen LogP contribution in [0.15, 0.2) is 55.0 Å². The van der Waals surface area contributed by atoms with Crippen LogP contribution in [0.3, 0.4) is 0 Å². The molecule has 3 rings (SSSR count). The maximum atomic E-state index is 5.97. The summed E-state index contributed by atoms with van der Waals surface area (Å²) in [6.07, 6.45) is 5.15. The molecular weight excluding hydrogens is 250 g/mol. The normalized spacial score (nSPS) is 10.4. The minimum absolute atomic E-state index is 0.523. The predicted molar refractivity (Wildman–Crippen MR) is 79.5 cm³/mol.